The standard InChI is InChI=1S/C17H12O3/c18-15-9-11-6-7-13-14(17(11)20-15)8-5-10-3-1-2-4-12(10)16(13)19/h1-4,6-7H,5,8-9H2. The number of carbonyl (C=O) groups is 2. The van der Waals surface area contributed by atoms with Gasteiger partial charge in [0.25, 0.3) is 0 Å². The van der Waals surface area contributed by atoms with Crippen LogP contribution >= 0.6 is 0 Å². The van der Waals surface area contributed by atoms with Crippen molar-refractivity contribution < 1.29 is 14.3 Å². The van der Waals surface area contributed by atoms with E-state index in [2.05, 4.69) is 0 Å². The van der Waals surface area contributed by atoms with E-state index in [1.165, 1.54) is 0 Å². The molecular weight excluding hydrogens is 252 g/mol. The highest BCUT2D eigenvalue weighted by molar-refractivity contribution is 6.12. The van der Waals surface area contributed by atoms with Crippen molar-refractivity contribution in [2.45, 2.75) is 19.3 Å². The lowest BCUT2D eigenvalue weighted by molar-refractivity contribution is -0.131. The Morgan fingerprint density at radius 3 is 2.60 bits per heavy atom. The lowest BCUT2D eigenvalue weighted by Crippen LogP contribution is -2.05. The van der Waals surface area contributed by atoms with Gasteiger partial charge in [-0.15, -0.1) is 0 Å². The van der Waals surface area contributed by atoms with Gasteiger partial charge in [-0.2, -0.15) is 0 Å². The van der Waals surface area contributed by atoms with Crippen molar-refractivity contribution in [3.8, 4) is 5.75 Å². The summed E-state index contributed by atoms with van der Waals surface area (Å²) in [6.45, 7) is 0. The summed E-state index contributed by atoms with van der Waals surface area (Å²) >= 11 is 0. The molecule has 1 heterocycles. The molecule has 0 saturated carbocycles. The fraction of sp³-hybridized carbons (Fsp3) is 0.176. The number of esters is 1. The predicted octanol–water partition coefficient (Wildman–Crippen LogP) is 2.48. The Labute approximate surface area is 116 Å². The van der Waals surface area contributed by atoms with Crippen LogP contribution < -0.4 is 4.74 Å². The van der Waals surface area contributed by atoms with Gasteiger partial charge in [0.1, 0.15) is 5.75 Å². The minimum absolute atomic E-state index is 0.0267. The van der Waals surface area contributed by atoms with Crippen LogP contribution in [-0.2, 0) is 24.1 Å². The molecule has 0 aromatic heterocycles. The van der Waals surface area contributed by atoms with Gasteiger partial charge in [-0.05, 0) is 18.4 Å². The summed E-state index contributed by atoms with van der Waals surface area (Å²) in [5.74, 6) is 0.412. The van der Waals surface area contributed by atoms with Crippen molar-refractivity contribution in [1.29, 1.82) is 0 Å². The molecule has 0 N–H and O–H groups in total. The molecule has 0 unspecified atom stereocenters. The smallest absolute Gasteiger partial charge is 0.315 e. The average molecular weight is 264 g/mol. The van der Waals surface area contributed by atoms with Crippen molar-refractivity contribution in [3.05, 3.63) is 64.2 Å². The Morgan fingerprint density at radius 2 is 1.70 bits per heavy atom. The van der Waals surface area contributed by atoms with Crippen LogP contribution in [0.1, 0.15) is 32.6 Å². The summed E-state index contributed by atoms with van der Waals surface area (Å²) < 4.78 is 5.32. The maximum atomic E-state index is 12.7. The fourth-order valence-corrected chi connectivity index (χ4v) is 3.07. The summed E-state index contributed by atoms with van der Waals surface area (Å²) in [5, 5.41) is 0. The SMILES string of the molecule is O=C1Cc2ccc3c(c2O1)CCc1ccccc1C3=O. The first-order valence-corrected chi connectivity index (χ1v) is 6.72. The number of hydrogen-bond acceptors (Lipinski definition) is 3. The van der Waals surface area contributed by atoms with Gasteiger partial charge in [0.05, 0.1) is 6.42 Å². The van der Waals surface area contributed by atoms with Crippen molar-refractivity contribution in [2.24, 2.45) is 0 Å². The Morgan fingerprint density at radius 1 is 0.850 bits per heavy atom. The lowest BCUT2D eigenvalue weighted by Gasteiger charge is -2.09. The van der Waals surface area contributed by atoms with Gasteiger partial charge < -0.3 is 4.74 Å². The number of benzene rings is 2. The van der Waals surface area contributed by atoms with Crippen LogP contribution in [-0.4, -0.2) is 11.8 Å². The van der Waals surface area contributed by atoms with Gasteiger partial charge in [-0.25, -0.2) is 0 Å². The van der Waals surface area contributed by atoms with Crippen LogP contribution in [0.3, 0.4) is 0 Å². The third-order valence-corrected chi connectivity index (χ3v) is 4.04. The zero-order valence-electron chi connectivity index (χ0n) is 10.8. The van der Waals surface area contributed by atoms with Crippen LogP contribution in [0.4, 0.5) is 0 Å². The molecule has 2 aromatic carbocycles. The monoisotopic (exact) mass is 264 g/mol. The van der Waals surface area contributed by atoms with E-state index in [0.717, 1.165) is 35.1 Å². The van der Waals surface area contributed by atoms with E-state index < -0.39 is 0 Å². The molecular formula is C17H12O3. The maximum absolute atomic E-state index is 12.7. The van der Waals surface area contributed by atoms with Gasteiger partial charge in [-0.1, -0.05) is 36.4 Å². The molecule has 1 aliphatic heterocycles. The van der Waals surface area contributed by atoms with Gasteiger partial charge in [0.15, 0.2) is 5.78 Å². The number of ketones is 1. The highest BCUT2D eigenvalue weighted by Crippen LogP contribution is 2.36. The molecule has 0 bridgehead atoms. The van der Waals surface area contributed by atoms with Crippen LogP contribution in [0.25, 0.3) is 0 Å². The number of rotatable bonds is 0. The molecule has 2 aromatic rings. The molecule has 0 saturated heterocycles. The van der Waals surface area contributed by atoms with E-state index in [1.807, 2.05) is 36.4 Å². The van der Waals surface area contributed by atoms with E-state index in [1.54, 1.807) is 0 Å². The van der Waals surface area contributed by atoms with Crippen molar-refractivity contribution in [1.82, 2.24) is 0 Å². The first-order valence-electron chi connectivity index (χ1n) is 6.72. The highest BCUT2D eigenvalue weighted by atomic mass is 16.5. The first-order chi connectivity index (χ1) is 9.74. The highest BCUT2D eigenvalue weighted by Gasteiger charge is 2.29. The summed E-state index contributed by atoms with van der Waals surface area (Å²) in [6, 6.07) is 11.4. The zero-order chi connectivity index (χ0) is 13.7. The Hall–Kier alpha value is -2.42. The van der Waals surface area contributed by atoms with Gasteiger partial charge in [-0.3, -0.25) is 9.59 Å². The molecule has 3 heteroatoms. The Kier molecular flexibility index (Phi) is 2.30. The van der Waals surface area contributed by atoms with E-state index in [9.17, 15) is 9.59 Å². The van der Waals surface area contributed by atoms with Gasteiger partial charge >= 0.3 is 5.97 Å². The van der Waals surface area contributed by atoms with Crippen molar-refractivity contribution in [3.63, 3.8) is 0 Å². The largest absolute Gasteiger partial charge is 0.426 e. The third-order valence-electron chi connectivity index (χ3n) is 4.04. The van der Waals surface area contributed by atoms with E-state index >= 15 is 0 Å². The van der Waals surface area contributed by atoms with Crippen LogP contribution in [0.15, 0.2) is 36.4 Å². The fourth-order valence-electron chi connectivity index (χ4n) is 3.07. The number of ether oxygens (including phenoxy) is 1. The summed E-state index contributed by atoms with van der Waals surface area (Å²) in [4.78, 5) is 24.1. The summed E-state index contributed by atoms with van der Waals surface area (Å²) in [5.41, 5.74) is 4.27. The van der Waals surface area contributed by atoms with Crippen molar-refractivity contribution in [2.75, 3.05) is 0 Å². The predicted molar refractivity (Wildman–Crippen MR) is 73.1 cm³/mol. The molecule has 0 amide bonds. The van der Waals surface area contributed by atoms with E-state index in [0.29, 0.717) is 17.7 Å². The Balaban J connectivity index is 1.93. The Bertz CT molecular complexity index is 759. The second kappa shape index (κ2) is 4.04. The molecule has 0 spiro atoms. The third kappa shape index (κ3) is 1.53. The minimum atomic E-state index is -0.234. The van der Waals surface area contributed by atoms with Crippen LogP contribution in [0.5, 0.6) is 5.75 Å². The molecule has 98 valence electrons. The molecule has 0 radical (unpaired) electrons. The molecule has 1 aliphatic carbocycles. The second-order valence-corrected chi connectivity index (χ2v) is 5.22. The lowest BCUT2D eigenvalue weighted by atomic mass is 9.96. The minimum Gasteiger partial charge on any atom is -0.426 e. The molecule has 3 nitrogen and oxygen atoms in total. The number of fused-ring (bicyclic) bond motifs is 4. The van der Waals surface area contributed by atoms with Gasteiger partial charge in [0, 0.05) is 22.3 Å². The zero-order valence-corrected chi connectivity index (χ0v) is 10.8. The molecule has 0 atom stereocenters. The maximum Gasteiger partial charge on any atom is 0.315 e. The van der Waals surface area contributed by atoms with Crippen molar-refractivity contribution >= 4 is 11.8 Å². The number of aryl methyl sites for hydroxylation is 1. The number of carbonyl (C=O) groups excluding carboxylic acids is 2. The topological polar surface area (TPSA) is 43.4 Å². The van der Waals surface area contributed by atoms with E-state index in [4.69, 9.17) is 4.74 Å². The van der Waals surface area contributed by atoms with Gasteiger partial charge in [0.2, 0.25) is 0 Å². The van der Waals surface area contributed by atoms with E-state index in [-0.39, 0.29) is 11.8 Å². The molecule has 20 heavy (non-hydrogen) atoms. The quantitative estimate of drug-likeness (QED) is 0.542. The average Bonchev–Trinajstić information content (AvgIpc) is 2.78. The van der Waals surface area contributed by atoms with Crippen LogP contribution in [0, 0.1) is 0 Å². The molecule has 0 fully saturated rings. The summed E-state index contributed by atoms with van der Waals surface area (Å²) in [7, 11) is 0. The number of hydrogen-bond donors (Lipinski definition) is 0. The van der Waals surface area contributed by atoms with Crippen LogP contribution in [0.2, 0.25) is 0 Å². The second-order valence-electron chi connectivity index (χ2n) is 5.22. The normalized spacial score (nSPS) is 16.0. The summed E-state index contributed by atoms with van der Waals surface area (Å²) in [6.07, 6.45) is 1.83. The molecule has 4 rings (SSSR count). The molecule has 2 aliphatic rings. The first kappa shape index (κ1) is 11.4.